The van der Waals surface area contributed by atoms with Crippen molar-refractivity contribution >= 4 is 21.9 Å². The minimum absolute atomic E-state index is 0.592. The summed E-state index contributed by atoms with van der Waals surface area (Å²) in [6, 6.07) is 21.3. The number of hydrogen-bond acceptors (Lipinski definition) is 2. The van der Waals surface area contributed by atoms with Crippen LogP contribution >= 0.6 is 0 Å². The number of aromatic nitrogens is 1. The highest BCUT2D eigenvalue weighted by Crippen LogP contribution is 2.36. The highest BCUT2D eigenvalue weighted by atomic mass is 19.2. The average molecular weight is 357 g/mol. The Hall–Kier alpha value is -3.53. The Morgan fingerprint density at radius 3 is 2.41 bits per heavy atom. The molecule has 0 atom stereocenters. The lowest BCUT2D eigenvalue weighted by molar-refractivity contribution is 0.509. The second kappa shape index (κ2) is 6.02. The second-order valence-corrected chi connectivity index (χ2v) is 6.34. The Morgan fingerprint density at radius 2 is 1.52 bits per heavy atom. The maximum absolute atomic E-state index is 13.6. The molecule has 5 aromatic rings. The first-order valence-corrected chi connectivity index (χ1v) is 8.53. The third-order valence-corrected chi connectivity index (χ3v) is 4.69. The van der Waals surface area contributed by atoms with Gasteiger partial charge in [0.25, 0.3) is 0 Å². The van der Waals surface area contributed by atoms with Crippen molar-refractivity contribution < 1.29 is 13.2 Å². The molecular weight excluding hydrogens is 344 g/mol. The Kier molecular flexibility index (Phi) is 3.50. The zero-order valence-corrected chi connectivity index (χ0v) is 14.1. The maximum atomic E-state index is 13.6. The van der Waals surface area contributed by atoms with Crippen LogP contribution < -0.4 is 0 Å². The van der Waals surface area contributed by atoms with Crippen LogP contribution in [0.4, 0.5) is 8.78 Å². The molecule has 5 rings (SSSR count). The van der Waals surface area contributed by atoms with Crippen LogP contribution in [-0.2, 0) is 0 Å². The van der Waals surface area contributed by atoms with Crippen LogP contribution in [0.25, 0.3) is 44.3 Å². The van der Waals surface area contributed by atoms with E-state index in [1.54, 1.807) is 18.3 Å². The van der Waals surface area contributed by atoms with E-state index in [9.17, 15) is 8.78 Å². The third-order valence-electron chi connectivity index (χ3n) is 4.69. The van der Waals surface area contributed by atoms with Crippen LogP contribution in [-0.4, -0.2) is 4.98 Å². The summed E-state index contributed by atoms with van der Waals surface area (Å²) in [5.41, 5.74) is 4.49. The van der Waals surface area contributed by atoms with Gasteiger partial charge in [0, 0.05) is 22.5 Å². The van der Waals surface area contributed by atoms with Crippen LogP contribution in [0.3, 0.4) is 0 Å². The fourth-order valence-electron chi connectivity index (χ4n) is 3.38. The predicted octanol–water partition coefficient (Wildman–Crippen LogP) is 6.59. The van der Waals surface area contributed by atoms with Crippen molar-refractivity contribution in [1.29, 1.82) is 0 Å². The molecule has 27 heavy (non-hydrogen) atoms. The zero-order valence-electron chi connectivity index (χ0n) is 14.1. The highest BCUT2D eigenvalue weighted by Gasteiger charge is 2.13. The van der Waals surface area contributed by atoms with E-state index < -0.39 is 11.6 Å². The van der Waals surface area contributed by atoms with Gasteiger partial charge in [-0.3, -0.25) is 4.98 Å². The first-order valence-electron chi connectivity index (χ1n) is 8.53. The van der Waals surface area contributed by atoms with Crippen molar-refractivity contribution in [1.82, 2.24) is 4.98 Å². The van der Waals surface area contributed by atoms with E-state index in [1.165, 1.54) is 6.07 Å². The third kappa shape index (κ3) is 2.57. The van der Waals surface area contributed by atoms with Gasteiger partial charge in [0.2, 0.25) is 0 Å². The number of fused-ring (bicyclic) bond motifs is 3. The molecule has 0 N–H and O–H groups in total. The number of halogens is 2. The Bertz CT molecular complexity index is 1310. The Labute approximate surface area is 153 Å². The summed E-state index contributed by atoms with van der Waals surface area (Å²) in [4.78, 5) is 4.47. The molecule has 2 nitrogen and oxygen atoms in total. The molecule has 0 amide bonds. The number of furan rings is 1. The molecule has 0 unspecified atom stereocenters. The molecular formula is C23H13F2NO. The summed E-state index contributed by atoms with van der Waals surface area (Å²) in [6.07, 6.45) is 1.66. The molecule has 0 fully saturated rings. The average Bonchev–Trinajstić information content (AvgIpc) is 3.09. The molecule has 2 aromatic heterocycles. The van der Waals surface area contributed by atoms with E-state index in [0.717, 1.165) is 39.1 Å². The van der Waals surface area contributed by atoms with Crippen molar-refractivity contribution in [2.45, 2.75) is 0 Å². The van der Waals surface area contributed by atoms with Gasteiger partial charge in [-0.15, -0.1) is 0 Å². The Balaban J connectivity index is 1.70. The lowest BCUT2D eigenvalue weighted by Crippen LogP contribution is -1.88. The van der Waals surface area contributed by atoms with Gasteiger partial charge in [0.1, 0.15) is 11.2 Å². The van der Waals surface area contributed by atoms with Gasteiger partial charge in [0.05, 0.1) is 5.69 Å². The summed E-state index contributed by atoms with van der Waals surface area (Å²) in [7, 11) is 0. The SMILES string of the molecule is Fc1ccc(-c2ccnc(-c3cccc4c3oc3ccccc34)c2)cc1F. The van der Waals surface area contributed by atoms with Crippen molar-refractivity contribution in [3.05, 3.63) is 90.6 Å². The minimum atomic E-state index is -0.870. The maximum Gasteiger partial charge on any atom is 0.159 e. The molecule has 0 bridgehead atoms. The van der Waals surface area contributed by atoms with E-state index >= 15 is 0 Å². The van der Waals surface area contributed by atoms with E-state index in [0.29, 0.717) is 11.3 Å². The first-order chi connectivity index (χ1) is 13.2. The topological polar surface area (TPSA) is 26.0 Å². The molecule has 4 heteroatoms. The molecule has 0 aliphatic heterocycles. The summed E-state index contributed by atoms with van der Waals surface area (Å²) >= 11 is 0. The highest BCUT2D eigenvalue weighted by molar-refractivity contribution is 6.09. The summed E-state index contributed by atoms with van der Waals surface area (Å²) in [5, 5.41) is 2.06. The summed E-state index contributed by atoms with van der Waals surface area (Å²) in [6.45, 7) is 0. The van der Waals surface area contributed by atoms with Crippen LogP contribution in [0.1, 0.15) is 0 Å². The van der Waals surface area contributed by atoms with Crippen LogP contribution in [0.15, 0.2) is 83.4 Å². The lowest BCUT2D eigenvalue weighted by Gasteiger charge is -2.06. The van der Waals surface area contributed by atoms with Crippen molar-refractivity contribution in [3.8, 4) is 22.4 Å². The molecule has 2 heterocycles. The van der Waals surface area contributed by atoms with Gasteiger partial charge >= 0.3 is 0 Å². The van der Waals surface area contributed by atoms with Crippen LogP contribution in [0.2, 0.25) is 0 Å². The Morgan fingerprint density at radius 1 is 0.704 bits per heavy atom. The number of hydrogen-bond donors (Lipinski definition) is 0. The first kappa shape index (κ1) is 15.7. The molecule has 0 saturated heterocycles. The smallest absolute Gasteiger partial charge is 0.159 e. The van der Waals surface area contributed by atoms with Gasteiger partial charge in [-0.2, -0.15) is 0 Å². The number of para-hydroxylation sites is 2. The number of rotatable bonds is 2. The van der Waals surface area contributed by atoms with Crippen molar-refractivity contribution in [3.63, 3.8) is 0 Å². The van der Waals surface area contributed by atoms with Gasteiger partial charge in [-0.1, -0.05) is 36.4 Å². The number of benzene rings is 3. The molecule has 0 aliphatic rings. The molecule has 130 valence electrons. The molecule has 0 spiro atoms. The molecule has 0 saturated carbocycles. The zero-order chi connectivity index (χ0) is 18.4. The van der Waals surface area contributed by atoms with E-state index in [4.69, 9.17) is 4.42 Å². The van der Waals surface area contributed by atoms with Crippen molar-refractivity contribution in [2.24, 2.45) is 0 Å². The standard InChI is InChI=1S/C23H13F2NO/c24-19-9-8-14(12-20(19)25)15-10-11-26-21(13-15)18-6-3-5-17-16-4-1-2-7-22(16)27-23(17)18/h1-13H. The number of pyridine rings is 1. The normalized spacial score (nSPS) is 11.3. The van der Waals surface area contributed by atoms with Gasteiger partial charge in [-0.05, 0) is 47.5 Å². The number of nitrogens with zero attached hydrogens (tertiary/aromatic N) is 1. The summed E-state index contributed by atoms with van der Waals surface area (Å²) in [5.74, 6) is -1.73. The van der Waals surface area contributed by atoms with Gasteiger partial charge in [-0.25, -0.2) is 8.78 Å². The monoisotopic (exact) mass is 357 g/mol. The van der Waals surface area contributed by atoms with Crippen LogP contribution in [0.5, 0.6) is 0 Å². The van der Waals surface area contributed by atoms with Crippen molar-refractivity contribution in [2.75, 3.05) is 0 Å². The van der Waals surface area contributed by atoms with E-state index in [1.807, 2.05) is 48.5 Å². The van der Waals surface area contributed by atoms with E-state index in [2.05, 4.69) is 4.98 Å². The van der Waals surface area contributed by atoms with E-state index in [-0.39, 0.29) is 0 Å². The second-order valence-electron chi connectivity index (χ2n) is 6.34. The lowest BCUT2D eigenvalue weighted by atomic mass is 10.0. The van der Waals surface area contributed by atoms with Crippen LogP contribution in [0, 0.1) is 11.6 Å². The quantitative estimate of drug-likeness (QED) is 0.356. The molecule has 0 radical (unpaired) electrons. The summed E-state index contributed by atoms with van der Waals surface area (Å²) < 4.78 is 32.9. The molecule has 0 aliphatic carbocycles. The predicted molar refractivity (Wildman–Crippen MR) is 102 cm³/mol. The van der Waals surface area contributed by atoms with Gasteiger partial charge < -0.3 is 4.42 Å². The molecule has 3 aromatic carbocycles. The fourth-order valence-corrected chi connectivity index (χ4v) is 3.38. The largest absolute Gasteiger partial charge is 0.455 e. The van der Waals surface area contributed by atoms with Gasteiger partial charge in [0.15, 0.2) is 11.6 Å². The fraction of sp³-hybridized carbons (Fsp3) is 0. The minimum Gasteiger partial charge on any atom is -0.455 e.